The van der Waals surface area contributed by atoms with E-state index in [1.54, 1.807) is 14.2 Å². The SMILES string of the molecule is COCCOCCOOCCOCCOOCCOCCOOCCOCCOOCCOCCOOCCOCCOOCCOCCOOCCOCCOOCCOCCOOCCOCCOOCCOCCOC. The first kappa shape index (κ1) is 77.7. The minimum Gasteiger partial charge on any atom is -0.382 e. The molecule has 33 nitrogen and oxygen atoms in total. The van der Waals surface area contributed by atoms with Gasteiger partial charge in [-0.25, -0.2) is 97.8 Å². The Kier molecular flexibility index (Phi) is 75.4. The topological polar surface area (TPSA) is 305 Å². The summed E-state index contributed by atoms with van der Waals surface area (Å²) in [6.45, 7) is 13.9. The molecule has 0 spiro atoms. The monoisotopic (exact) mass is 1170 g/mol. The van der Waals surface area contributed by atoms with Gasteiger partial charge in [-0.3, -0.25) is 0 Å². The smallest absolute Gasteiger partial charge is 0.106 e. The van der Waals surface area contributed by atoms with Gasteiger partial charge >= 0.3 is 0 Å². The summed E-state index contributed by atoms with van der Waals surface area (Å²) in [6.07, 6.45) is 0. The number of methoxy groups -OCH3 is 2. The van der Waals surface area contributed by atoms with Crippen LogP contribution in [0.3, 0.4) is 0 Å². The van der Waals surface area contributed by atoms with E-state index >= 15 is 0 Å². The van der Waals surface area contributed by atoms with Gasteiger partial charge in [-0.2, -0.15) is 0 Å². The summed E-state index contributed by atoms with van der Waals surface area (Å²) in [4.78, 5) is 100. The van der Waals surface area contributed by atoms with Gasteiger partial charge in [-0.15, -0.1) is 0 Å². The molecule has 0 aliphatic rings. The first-order chi connectivity index (χ1) is 39.4. The standard InChI is InChI=1S/C46H94O33/c1-47-3-5-49-7-27-60-62-29-9-51-11-31-64-66-33-13-53-15-35-68-70-37-17-55-19-39-72-74-41-21-57-23-43-76-78-45-25-59-26-46-79-77-44-24-58-22-42-75-73-40-20-56-18-38-71-69-36-16-54-14-34-67-65-32-12-52-10-30-63-61-28-8-50-6-4-48-2/h3-46H2,1-2H3. The molecule has 0 rings (SSSR count). The Bertz CT molecular complexity index is 967. The number of hydrogen-bond acceptors (Lipinski definition) is 33. The normalized spacial score (nSPS) is 11.8. The van der Waals surface area contributed by atoms with Crippen LogP contribution in [0.5, 0.6) is 0 Å². The summed E-state index contributed by atoms with van der Waals surface area (Å²) in [5.74, 6) is 0. The molecule has 0 heterocycles. The highest BCUT2D eigenvalue weighted by molar-refractivity contribution is 4.36. The van der Waals surface area contributed by atoms with E-state index in [0.29, 0.717) is 185 Å². The number of hydrogen-bond donors (Lipinski definition) is 0. The van der Waals surface area contributed by atoms with Crippen LogP contribution < -0.4 is 0 Å². The van der Waals surface area contributed by atoms with Gasteiger partial charge in [-0.05, 0) is 0 Å². The Morgan fingerprint density at radius 2 is 0.177 bits per heavy atom. The molecule has 0 aromatic carbocycles. The molecule has 0 saturated carbocycles. The molecule has 0 aliphatic carbocycles. The van der Waals surface area contributed by atoms with Crippen molar-refractivity contribution >= 4 is 0 Å². The van der Waals surface area contributed by atoms with Crippen molar-refractivity contribution in [2.45, 2.75) is 0 Å². The van der Waals surface area contributed by atoms with Crippen LogP contribution in [0.2, 0.25) is 0 Å². The van der Waals surface area contributed by atoms with E-state index in [2.05, 4.69) is 0 Å². The van der Waals surface area contributed by atoms with Crippen LogP contribution in [0, 0.1) is 0 Å². The molecule has 0 radical (unpaired) electrons. The van der Waals surface area contributed by atoms with Crippen LogP contribution in [-0.4, -0.2) is 305 Å². The molecule has 0 saturated heterocycles. The van der Waals surface area contributed by atoms with Crippen LogP contribution in [0.15, 0.2) is 0 Å². The number of ether oxygens (including phenoxy) is 13. The van der Waals surface area contributed by atoms with Gasteiger partial charge in [0.15, 0.2) is 0 Å². The highest BCUT2D eigenvalue weighted by atomic mass is 17.2. The van der Waals surface area contributed by atoms with Gasteiger partial charge in [-0.1, -0.05) is 0 Å². The molecule has 0 unspecified atom stereocenters. The molecule has 0 aromatic rings. The van der Waals surface area contributed by atoms with Crippen LogP contribution in [0.4, 0.5) is 0 Å². The molecular weight excluding hydrogens is 1080 g/mol. The molecular formula is C46H94O33. The average Bonchev–Trinajstić information content (AvgIpc) is 3.46. The zero-order chi connectivity index (χ0) is 56.4. The highest BCUT2D eigenvalue weighted by Gasteiger charge is 2.01. The average molecular weight is 1180 g/mol. The minimum atomic E-state index is 0.234. The first-order valence-electron chi connectivity index (χ1n) is 26.2. The second-order valence-electron chi connectivity index (χ2n) is 14.2. The Labute approximate surface area is 463 Å². The van der Waals surface area contributed by atoms with Crippen molar-refractivity contribution in [3.8, 4) is 0 Å². The number of rotatable bonds is 76. The second kappa shape index (κ2) is 76.7. The van der Waals surface area contributed by atoms with Crippen LogP contribution in [0.1, 0.15) is 0 Å². The molecule has 0 amide bonds. The summed E-state index contributed by atoms with van der Waals surface area (Å²) >= 11 is 0. The predicted octanol–water partition coefficient (Wildman–Crippen LogP) is -0.0562. The third-order valence-corrected chi connectivity index (χ3v) is 7.92. The second-order valence-corrected chi connectivity index (χ2v) is 14.2. The molecule has 79 heavy (non-hydrogen) atoms. The summed E-state index contributed by atoms with van der Waals surface area (Å²) in [5.41, 5.74) is 0. The van der Waals surface area contributed by atoms with E-state index in [9.17, 15) is 0 Å². The zero-order valence-corrected chi connectivity index (χ0v) is 46.6. The third kappa shape index (κ3) is 76.7. The lowest BCUT2D eigenvalue weighted by molar-refractivity contribution is -0.319. The quantitative estimate of drug-likeness (QED) is 0.0438. The Morgan fingerprint density at radius 3 is 0.253 bits per heavy atom. The van der Waals surface area contributed by atoms with Crippen molar-refractivity contribution in [2.75, 3.05) is 305 Å². The maximum atomic E-state index is 5.37. The molecule has 0 fully saturated rings. The molecule has 0 N–H and O–H groups in total. The van der Waals surface area contributed by atoms with Crippen molar-refractivity contribution in [1.82, 2.24) is 0 Å². The fourth-order valence-corrected chi connectivity index (χ4v) is 4.44. The minimum absolute atomic E-state index is 0.234. The van der Waals surface area contributed by atoms with Crippen LogP contribution >= 0.6 is 0 Å². The third-order valence-electron chi connectivity index (χ3n) is 7.92. The van der Waals surface area contributed by atoms with E-state index in [1.807, 2.05) is 0 Å². The first-order valence-corrected chi connectivity index (χ1v) is 26.2. The summed E-state index contributed by atoms with van der Waals surface area (Å²) in [7, 11) is 3.23. The largest absolute Gasteiger partial charge is 0.382 e. The fourth-order valence-electron chi connectivity index (χ4n) is 4.44. The van der Waals surface area contributed by atoms with E-state index in [0.717, 1.165) is 0 Å². The molecule has 0 bridgehead atoms. The lowest BCUT2D eigenvalue weighted by Crippen LogP contribution is -2.15. The van der Waals surface area contributed by atoms with Gasteiger partial charge in [0.25, 0.3) is 0 Å². The maximum absolute atomic E-state index is 5.37. The Balaban J connectivity index is 3.08. The summed E-state index contributed by atoms with van der Waals surface area (Å²) in [6, 6.07) is 0. The fraction of sp³-hybridized carbons (Fsp3) is 1.00. The van der Waals surface area contributed by atoms with Gasteiger partial charge in [0, 0.05) is 14.2 Å². The Morgan fingerprint density at radius 1 is 0.101 bits per heavy atom. The van der Waals surface area contributed by atoms with E-state index in [-0.39, 0.29) is 106 Å². The van der Waals surface area contributed by atoms with E-state index < -0.39 is 0 Å². The maximum Gasteiger partial charge on any atom is 0.106 e. The molecule has 0 atom stereocenters. The van der Waals surface area contributed by atoms with Crippen molar-refractivity contribution in [3.63, 3.8) is 0 Å². The molecule has 476 valence electrons. The molecule has 33 heteroatoms. The molecule has 0 aliphatic heterocycles. The van der Waals surface area contributed by atoms with E-state index in [1.165, 1.54) is 0 Å². The van der Waals surface area contributed by atoms with Crippen molar-refractivity contribution in [2.24, 2.45) is 0 Å². The van der Waals surface area contributed by atoms with Crippen LogP contribution in [-0.2, 0) is 159 Å². The summed E-state index contributed by atoms with van der Waals surface area (Å²) in [5, 5.41) is 0. The predicted molar refractivity (Wildman–Crippen MR) is 262 cm³/mol. The van der Waals surface area contributed by atoms with Gasteiger partial charge in [0.1, 0.15) is 132 Å². The lowest BCUT2D eigenvalue weighted by atomic mass is 10.7. The lowest BCUT2D eigenvalue weighted by Gasteiger charge is -2.08. The Hall–Kier alpha value is -1.32. The summed E-state index contributed by atoms with van der Waals surface area (Å²) < 4.78 is 68.3. The molecule has 0 aromatic heterocycles. The van der Waals surface area contributed by atoms with Gasteiger partial charge < -0.3 is 61.6 Å². The van der Waals surface area contributed by atoms with Crippen LogP contribution in [0.25, 0.3) is 0 Å². The van der Waals surface area contributed by atoms with Crippen molar-refractivity contribution in [1.29, 1.82) is 0 Å². The van der Waals surface area contributed by atoms with Gasteiger partial charge in [0.05, 0.1) is 159 Å². The zero-order valence-electron chi connectivity index (χ0n) is 46.6. The van der Waals surface area contributed by atoms with E-state index in [4.69, 9.17) is 159 Å². The van der Waals surface area contributed by atoms with Crippen molar-refractivity contribution < 1.29 is 159 Å². The highest BCUT2D eigenvalue weighted by Crippen LogP contribution is 1.93. The van der Waals surface area contributed by atoms with Gasteiger partial charge in [0.2, 0.25) is 0 Å². The van der Waals surface area contributed by atoms with Crippen molar-refractivity contribution in [3.05, 3.63) is 0 Å².